The van der Waals surface area contributed by atoms with Crippen LogP contribution in [-0.4, -0.2) is 28.4 Å². The first-order valence-corrected chi connectivity index (χ1v) is 4.30. The van der Waals surface area contributed by atoms with Crippen molar-refractivity contribution in [2.75, 3.05) is 7.11 Å². The first-order chi connectivity index (χ1) is 6.97. The van der Waals surface area contributed by atoms with E-state index in [2.05, 4.69) is 0 Å². The summed E-state index contributed by atoms with van der Waals surface area (Å²) in [5, 5.41) is 27.7. The highest BCUT2D eigenvalue weighted by Crippen LogP contribution is 2.38. The third kappa shape index (κ3) is 2.12. The predicted octanol–water partition coefficient (Wildman–Crippen LogP) is 1.29. The molecule has 0 heterocycles. The molecule has 0 spiro atoms. The first-order valence-electron chi connectivity index (χ1n) is 4.30. The van der Waals surface area contributed by atoms with Crippen LogP contribution in [0.1, 0.15) is 18.4 Å². The summed E-state index contributed by atoms with van der Waals surface area (Å²) >= 11 is 0. The lowest BCUT2D eigenvalue weighted by Gasteiger charge is -2.12. The van der Waals surface area contributed by atoms with E-state index in [0.717, 1.165) is 0 Å². The molecule has 5 nitrogen and oxygen atoms in total. The highest BCUT2D eigenvalue weighted by atomic mass is 16.5. The number of aliphatic carboxylic acids is 1. The number of rotatable bonds is 3. The molecule has 1 atom stereocenters. The van der Waals surface area contributed by atoms with E-state index in [4.69, 9.17) is 9.84 Å². The van der Waals surface area contributed by atoms with Crippen LogP contribution in [-0.2, 0) is 4.79 Å². The smallest absolute Gasteiger partial charge is 0.310 e. The molecule has 0 fully saturated rings. The summed E-state index contributed by atoms with van der Waals surface area (Å²) < 4.78 is 4.79. The molecule has 1 aromatic carbocycles. The molecular formula is C10H12O5. The lowest BCUT2D eigenvalue weighted by Crippen LogP contribution is -2.07. The van der Waals surface area contributed by atoms with Gasteiger partial charge in [-0.05, 0) is 13.0 Å². The van der Waals surface area contributed by atoms with Gasteiger partial charge in [0.25, 0.3) is 0 Å². The van der Waals surface area contributed by atoms with Crippen molar-refractivity contribution >= 4 is 5.97 Å². The molecule has 1 unspecified atom stereocenters. The van der Waals surface area contributed by atoms with Gasteiger partial charge in [0.15, 0.2) is 11.5 Å². The number of ether oxygens (including phenoxy) is 1. The van der Waals surface area contributed by atoms with E-state index in [1.807, 2.05) is 0 Å². The van der Waals surface area contributed by atoms with E-state index in [1.54, 1.807) is 0 Å². The van der Waals surface area contributed by atoms with Crippen LogP contribution in [0, 0.1) is 0 Å². The lowest BCUT2D eigenvalue weighted by molar-refractivity contribution is -0.138. The Morgan fingerprint density at radius 3 is 2.47 bits per heavy atom. The largest absolute Gasteiger partial charge is 0.508 e. The van der Waals surface area contributed by atoms with Gasteiger partial charge in [-0.25, -0.2) is 0 Å². The molecule has 82 valence electrons. The van der Waals surface area contributed by atoms with E-state index in [9.17, 15) is 15.0 Å². The molecule has 0 radical (unpaired) electrons. The maximum atomic E-state index is 10.7. The zero-order valence-electron chi connectivity index (χ0n) is 8.39. The number of hydrogen-bond acceptors (Lipinski definition) is 4. The molecule has 1 aromatic rings. The van der Waals surface area contributed by atoms with E-state index >= 15 is 0 Å². The Bertz CT molecular complexity index is 386. The zero-order chi connectivity index (χ0) is 11.6. The van der Waals surface area contributed by atoms with Crippen molar-refractivity contribution in [2.24, 2.45) is 0 Å². The molecule has 0 saturated carbocycles. The number of carboxylic acid groups (broad SMARTS) is 1. The monoisotopic (exact) mass is 212 g/mol. The van der Waals surface area contributed by atoms with Gasteiger partial charge in [-0.2, -0.15) is 0 Å². The third-order valence-corrected chi connectivity index (χ3v) is 2.15. The summed E-state index contributed by atoms with van der Waals surface area (Å²) in [7, 11) is 1.32. The normalized spacial score (nSPS) is 12.1. The Balaban J connectivity index is 3.28. The molecule has 0 aliphatic carbocycles. The standard InChI is InChI=1S/C10H12O5/c1-5(10(13)14)7-3-6(11)4-8(15-2)9(7)12/h3-5,11-12H,1-2H3,(H,13,14). The maximum absolute atomic E-state index is 10.7. The van der Waals surface area contributed by atoms with Crippen molar-refractivity contribution < 1.29 is 24.9 Å². The van der Waals surface area contributed by atoms with Gasteiger partial charge in [0.2, 0.25) is 0 Å². The van der Waals surface area contributed by atoms with Crippen molar-refractivity contribution in [3.8, 4) is 17.2 Å². The topological polar surface area (TPSA) is 87.0 Å². The average molecular weight is 212 g/mol. The van der Waals surface area contributed by atoms with Crippen molar-refractivity contribution in [3.05, 3.63) is 17.7 Å². The van der Waals surface area contributed by atoms with Gasteiger partial charge in [0.05, 0.1) is 13.0 Å². The SMILES string of the molecule is COc1cc(O)cc(C(C)C(=O)O)c1O. The quantitative estimate of drug-likeness (QED) is 0.657. The van der Waals surface area contributed by atoms with E-state index in [0.29, 0.717) is 0 Å². The van der Waals surface area contributed by atoms with Gasteiger partial charge in [-0.1, -0.05) is 0 Å². The second-order valence-electron chi connectivity index (χ2n) is 3.15. The summed E-state index contributed by atoms with van der Waals surface area (Å²) in [5.41, 5.74) is 0.124. The van der Waals surface area contributed by atoms with Crippen LogP contribution in [0.15, 0.2) is 12.1 Å². The van der Waals surface area contributed by atoms with Gasteiger partial charge >= 0.3 is 5.97 Å². The van der Waals surface area contributed by atoms with Gasteiger partial charge < -0.3 is 20.1 Å². The molecule has 15 heavy (non-hydrogen) atoms. The molecule has 5 heteroatoms. The number of phenols is 2. The molecule has 0 aromatic heterocycles. The maximum Gasteiger partial charge on any atom is 0.310 e. The molecule has 0 aliphatic rings. The second-order valence-corrected chi connectivity index (χ2v) is 3.15. The molecular weight excluding hydrogens is 200 g/mol. The van der Waals surface area contributed by atoms with Crippen LogP contribution in [0.3, 0.4) is 0 Å². The summed E-state index contributed by atoms with van der Waals surface area (Å²) in [4.78, 5) is 10.7. The van der Waals surface area contributed by atoms with Gasteiger partial charge in [-0.3, -0.25) is 4.79 Å². The van der Waals surface area contributed by atoms with Crippen LogP contribution in [0.25, 0.3) is 0 Å². The fourth-order valence-electron chi connectivity index (χ4n) is 1.23. The second kappa shape index (κ2) is 4.08. The molecule has 0 aliphatic heterocycles. The van der Waals surface area contributed by atoms with E-state index < -0.39 is 11.9 Å². The number of methoxy groups -OCH3 is 1. The number of hydrogen-bond donors (Lipinski definition) is 3. The third-order valence-electron chi connectivity index (χ3n) is 2.15. The van der Waals surface area contributed by atoms with Crippen LogP contribution in [0.4, 0.5) is 0 Å². The summed E-state index contributed by atoms with van der Waals surface area (Å²) in [6.07, 6.45) is 0. The zero-order valence-corrected chi connectivity index (χ0v) is 8.39. The molecule has 0 saturated heterocycles. The number of aromatic hydroxyl groups is 2. The molecule has 3 N–H and O–H groups in total. The van der Waals surface area contributed by atoms with Crippen molar-refractivity contribution in [1.82, 2.24) is 0 Å². The summed E-state index contributed by atoms with van der Waals surface area (Å²) in [5.74, 6) is -2.35. The highest BCUT2D eigenvalue weighted by molar-refractivity contribution is 5.77. The number of phenolic OH excluding ortho intramolecular Hbond substituents is 2. The predicted molar refractivity (Wildman–Crippen MR) is 52.4 cm³/mol. The molecule has 0 bridgehead atoms. The van der Waals surface area contributed by atoms with Crippen LogP contribution < -0.4 is 4.74 Å². The minimum absolute atomic E-state index is 0.0538. The van der Waals surface area contributed by atoms with Crippen molar-refractivity contribution in [2.45, 2.75) is 12.8 Å². The minimum atomic E-state index is -1.09. The number of carbonyl (C=O) groups is 1. The Morgan fingerprint density at radius 2 is 2.00 bits per heavy atom. The summed E-state index contributed by atoms with van der Waals surface area (Å²) in [6.45, 7) is 1.41. The Hall–Kier alpha value is -1.91. The Morgan fingerprint density at radius 1 is 1.40 bits per heavy atom. The van der Waals surface area contributed by atoms with Gasteiger partial charge in [0, 0.05) is 11.6 Å². The highest BCUT2D eigenvalue weighted by Gasteiger charge is 2.21. The van der Waals surface area contributed by atoms with E-state index in [-0.39, 0.29) is 22.8 Å². The number of carboxylic acids is 1. The van der Waals surface area contributed by atoms with Crippen molar-refractivity contribution in [1.29, 1.82) is 0 Å². The van der Waals surface area contributed by atoms with Gasteiger partial charge in [-0.15, -0.1) is 0 Å². The first kappa shape index (κ1) is 11.2. The average Bonchev–Trinajstić information content (AvgIpc) is 2.19. The van der Waals surface area contributed by atoms with Crippen LogP contribution in [0.2, 0.25) is 0 Å². The molecule has 0 amide bonds. The Labute approximate surface area is 86.5 Å². The fourth-order valence-corrected chi connectivity index (χ4v) is 1.23. The lowest BCUT2D eigenvalue weighted by atomic mass is 9.99. The van der Waals surface area contributed by atoms with Crippen LogP contribution in [0.5, 0.6) is 17.2 Å². The summed E-state index contributed by atoms with van der Waals surface area (Å²) in [6, 6.07) is 2.42. The van der Waals surface area contributed by atoms with Crippen molar-refractivity contribution in [3.63, 3.8) is 0 Å². The van der Waals surface area contributed by atoms with E-state index in [1.165, 1.54) is 26.2 Å². The number of benzene rings is 1. The Kier molecular flexibility index (Phi) is 3.04. The molecule has 1 rings (SSSR count). The van der Waals surface area contributed by atoms with Crippen LogP contribution >= 0.6 is 0 Å². The van der Waals surface area contributed by atoms with Gasteiger partial charge in [0.1, 0.15) is 5.75 Å². The minimum Gasteiger partial charge on any atom is -0.508 e. The fraction of sp³-hybridized carbons (Fsp3) is 0.300.